The van der Waals surface area contributed by atoms with Crippen LogP contribution in [0.3, 0.4) is 0 Å². The van der Waals surface area contributed by atoms with E-state index in [1.54, 1.807) is 6.26 Å². The zero-order valence-corrected chi connectivity index (χ0v) is 35.7. The summed E-state index contributed by atoms with van der Waals surface area (Å²) in [6.07, 6.45) is 1.20. The molecule has 8 heteroatoms. The lowest BCUT2D eigenvalue weighted by Gasteiger charge is -2.47. The maximum Gasteiger partial charge on any atom is 0.148 e. The van der Waals surface area contributed by atoms with Crippen LogP contribution in [-0.2, 0) is 77.5 Å². The number of rotatable bonds is 22. The first-order valence-electron chi connectivity index (χ1n) is 22.1. The zero-order chi connectivity index (χ0) is 42.7. The number of ether oxygens (including phenoxy) is 8. The second-order valence-electron chi connectivity index (χ2n) is 16.2. The highest BCUT2D eigenvalue weighted by Gasteiger charge is 2.50. The first-order chi connectivity index (χ1) is 31.2. The fourth-order valence-electron chi connectivity index (χ4n) is 8.26. The third-order valence-electron chi connectivity index (χ3n) is 11.5. The number of hydrogen-bond acceptors (Lipinski definition) is 8. The molecule has 6 aromatic rings. The first kappa shape index (κ1) is 44.2. The van der Waals surface area contributed by atoms with Gasteiger partial charge in [0.25, 0.3) is 0 Å². The van der Waals surface area contributed by atoms with Gasteiger partial charge in [0.15, 0.2) is 0 Å². The molecule has 63 heavy (non-hydrogen) atoms. The van der Waals surface area contributed by atoms with E-state index in [1.807, 2.05) is 109 Å². The molecule has 8 rings (SSSR count). The molecule has 0 saturated carbocycles. The molecule has 0 aromatic heterocycles. The van der Waals surface area contributed by atoms with E-state index in [1.165, 1.54) is 0 Å². The van der Waals surface area contributed by atoms with Gasteiger partial charge in [-0.15, -0.1) is 0 Å². The van der Waals surface area contributed by atoms with Crippen LogP contribution in [-0.4, -0.2) is 55.9 Å². The quantitative estimate of drug-likeness (QED) is 0.0669. The Labute approximate surface area is 372 Å². The lowest BCUT2D eigenvalue weighted by Crippen LogP contribution is -2.61. The van der Waals surface area contributed by atoms with Gasteiger partial charge in [0.1, 0.15) is 36.6 Å². The topological polar surface area (TPSA) is 73.8 Å². The predicted octanol–water partition coefficient (Wildman–Crippen LogP) is 10.4. The van der Waals surface area contributed by atoms with E-state index >= 15 is 0 Å². The van der Waals surface area contributed by atoms with E-state index in [0.717, 1.165) is 33.4 Å². The van der Waals surface area contributed by atoms with Crippen molar-refractivity contribution in [2.75, 3.05) is 13.2 Å². The summed E-state index contributed by atoms with van der Waals surface area (Å²) in [5, 5.41) is 0. The van der Waals surface area contributed by atoms with Gasteiger partial charge in [-0.25, -0.2) is 0 Å². The van der Waals surface area contributed by atoms with E-state index < -0.39 is 30.5 Å². The zero-order valence-electron chi connectivity index (χ0n) is 35.7. The molecule has 8 atom stereocenters. The van der Waals surface area contributed by atoms with Crippen molar-refractivity contribution in [2.24, 2.45) is 5.92 Å². The van der Waals surface area contributed by atoms with Gasteiger partial charge in [-0.2, -0.15) is 0 Å². The van der Waals surface area contributed by atoms with Gasteiger partial charge < -0.3 is 37.9 Å². The monoisotopic (exact) mass is 846 g/mol. The maximum absolute atomic E-state index is 7.28. The van der Waals surface area contributed by atoms with Crippen molar-refractivity contribution in [1.82, 2.24) is 0 Å². The normalized spacial score (nSPS) is 23.2. The molecule has 2 heterocycles. The maximum atomic E-state index is 7.28. The van der Waals surface area contributed by atoms with Crippen LogP contribution in [0, 0.1) is 5.92 Å². The molecular weight excluding hydrogens is 789 g/mol. The smallest absolute Gasteiger partial charge is 0.148 e. The highest BCUT2D eigenvalue weighted by atomic mass is 16.6. The average molecular weight is 847 g/mol. The van der Waals surface area contributed by atoms with Crippen LogP contribution in [0.25, 0.3) is 0 Å². The fourth-order valence-corrected chi connectivity index (χ4v) is 8.26. The van der Waals surface area contributed by atoms with Crippen molar-refractivity contribution in [3.63, 3.8) is 0 Å². The molecule has 2 aliphatic rings. The van der Waals surface area contributed by atoms with Gasteiger partial charge in [0, 0.05) is 5.92 Å². The lowest BCUT2D eigenvalue weighted by atomic mass is 9.84. The van der Waals surface area contributed by atoms with Crippen LogP contribution < -0.4 is 0 Å². The summed E-state index contributed by atoms with van der Waals surface area (Å²) in [5.74, 6) is -0.122. The van der Waals surface area contributed by atoms with Crippen molar-refractivity contribution >= 4 is 0 Å². The van der Waals surface area contributed by atoms with Crippen LogP contribution in [0.1, 0.15) is 39.8 Å². The third-order valence-corrected chi connectivity index (χ3v) is 11.5. The molecule has 2 aliphatic heterocycles. The highest BCUT2D eigenvalue weighted by Crippen LogP contribution is 2.37. The molecule has 0 aliphatic carbocycles. The average Bonchev–Trinajstić information content (AvgIpc) is 3.34. The highest BCUT2D eigenvalue weighted by molar-refractivity contribution is 5.18. The molecule has 1 saturated heterocycles. The molecule has 1 fully saturated rings. The summed E-state index contributed by atoms with van der Waals surface area (Å²) in [6, 6.07) is 61.3. The van der Waals surface area contributed by atoms with Crippen LogP contribution in [0.4, 0.5) is 0 Å². The molecule has 6 aromatic carbocycles. The molecule has 326 valence electrons. The third kappa shape index (κ3) is 13.3. The largest absolute Gasteiger partial charge is 0.493 e. The summed E-state index contributed by atoms with van der Waals surface area (Å²) >= 11 is 0. The van der Waals surface area contributed by atoms with Crippen LogP contribution in [0.5, 0.6) is 0 Å². The van der Waals surface area contributed by atoms with Crippen LogP contribution >= 0.6 is 0 Å². The van der Waals surface area contributed by atoms with Crippen LogP contribution in [0.15, 0.2) is 194 Å². The van der Waals surface area contributed by atoms with Crippen LogP contribution in [0.2, 0.25) is 0 Å². The van der Waals surface area contributed by atoms with Gasteiger partial charge >= 0.3 is 0 Å². The van der Waals surface area contributed by atoms with Gasteiger partial charge in [0.05, 0.1) is 65.2 Å². The Bertz CT molecular complexity index is 2180. The molecular formula is C55H58O8. The Morgan fingerprint density at radius 2 is 0.667 bits per heavy atom. The van der Waals surface area contributed by atoms with Crippen molar-refractivity contribution in [3.8, 4) is 0 Å². The van der Waals surface area contributed by atoms with Gasteiger partial charge in [-0.05, 0) is 45.9 Å². The van der Waals surface area contributed by atoms with Crippen molar-refractivity contribution in [1.29, 1.82) is 0 Å². The van der Waals surface area contributed by atoms with E-state index in [9.17, 15) is 0 Å². The minimum absolute atomic E-state index is 0.122. The summed E-state index contributed by atoms with van der Waals surface area (Å²) in [7, 11) is 0. The second-order valence-corrected chi connectivity index (χ2v) is 16.2. The van der Waals surface area contributed by atoms with E-state index in [2.05, 4.69) is 78.9 Å². The minimum Gasteiger partial charge on any atom is -0.493 e. The molecule has 0 N–H and O–H groups in total. The van der Waals surface area contributed by atoms with Crippen molar-refractivity contribution in [3.05, 3.63) is 228 Å². The molecule has 0 bridgehead atoms. The fraction of sp³-hybridized carbons (Fsp3) is 0.309. The number of benzene rings is 6. The first-order valence-corrected chi connectivity index (χ1v) is 22.1. The van der Waals surface area contributed by atoms with Crippen molar-refractivity contribution in [2.45, 2.75) is 88.8 Å². The minimum atomic E-state index is -0.531. The molecule has 0 spiro atoms. The summed E-state index contributed by atoms with van der Waals surface area (Å²) in [4.78, 5) is 0. The summed E-state index contributed by atoms with van der Waals surface area (Å²) in [6.45, 7) is 3.06. The Morgan fingerprint density at radius 3 is 1.08 bits per heavy atom. The lowest BCUT2D eigenvalue weighted by molar-refractivity contribution is -0.276. The van der Waals surface area contributed by atoms with Gasteiger partial charge in [-0.3, -0.25) is 0 Å². The van der Waals surface area contributed by atoms with Gasteiger partial charge in [-0.1, -0.05) is 182 Å². The van der Waals surface area contributed by atoms with E-state index in [0.29, 0.717) is 52.7 Å². The Kier molecular flexibility index (Phi) is 16.7. The van der Waals surface area contributed by atoms with E-state index in [-0.39, 0.29) is 24.7 Å². The predicted molar refractivity (Wildman–Crippen MR) is 243 cm³/mol. The standard InChI is InChI=1S/C55H58O8/c1-7-19-42(20-8-1)34-56-40-50-52(59-36-44-23-11-3-12-24-44)48(31-32-58-50)33-49-53(60-37-45-25-13-4-14-26-45)55(62-39-47-29-17-6-18-30-47)54(61-38-46-27-15-5-16-28-46)51(63-49)41-57-35-43-21-9-2-10-22-43/h1-32,48-55H,33-41H2/t48-,49+,50+,51+,52-,53+,54+,55+/m0/s1. The second kappa shape index (κ2) is 23.9. The SMILES string of the molecule is C1=C[C@@H](C[C@H]2O[C@H](COCc3ccccc3)[C@@H](OCc3ccccc3)[C@H](OCc3ccccc3)[C@@H]2OCc2ccccc2)[C@H](OCc2ccccc2)[C@@H](COCc2ccccc2)O1. The van der Waals surface area contributed by atoms with E-state index in [4.69, 9.17) is 37.9 Å². The van der Waals surface area contributed by atoms with Crippen molar-refractivity contribution < 1.29 is 37.9 Å². The summed E-state index contributed by atoms with van der Waals surface area (Å²) in [5.41, 5.74) is 6.43. The molecule has 8 nitrogen and oxygen atoms in total. The number of hydrogen-bond donors (Lipinski definition) is 0. The molecule has 0 amide bonds. The molecule has 0 radical (unpaired) electrons. The molecule has 0 unspecified atom stereocenters. The Morgan fingerprint density at radius 1 is 0.333 bits per heavy atom. The Balaban J connectivity index is 1.11. The van der Waals surface area contributed by atoms with Gasteiger partial charge in [0.2, 0.25) is 0 Å². The summed E-state index contributed by atoms with van der Waals surface area (Å²) < 4.78 is 54.3. The Hall–Kier alpha value is -5.42.